The predicted octanol–water partition coefficient (Wildman–Crippen LogP) is -3.66. The number of hydrogen-bond acceptors (Lipinski definition) is 0. The Morgan fingerprint density at radius 2 is 1.19 bits per heavy atom. The Morgan fingerprint density at radius 3 is 1.50 bits per heavy atom. The molecule has 3 rings (SSSR count). The molecule has 26 heavy (non-hydrogen) atoms. The van der Waals surface area contributed by atoms with Crippen LogP contribution in [0.3, 0.4) is 0 Å². The highest BCUT2D eigenvalue weighted by molar-refractivity contribution is 5.34. The molecule has 4 nitrogen and oxygen atoms in total. The van der Waals surface area contributed by atoms with Gasteiger partial charge in [-0.05, 0) is 28.2 Å². The maximum absolute atomic E-state index is 2.35. The number of benzene rings is 1. The highest BCUT2D eigenvalue weighted by Crippen LogP contribution is 2.25. The maximum atomic E-state index is 2.35. The Morgan fingerprint density at radius 1 is 0.769 bits per heavy atom. The second-order valence-electron chi connectivity index (χ2n) is 7.79. The number of imidazole rings is 2. The summed E-state index contributed by atoms with van der Waals surface area (Å²) in [5.41, 5.74) is 4.24. The summed E-state index contributed by atoms with van der Waals surface area (Å²) in [5, 5.41) is 0. The van der Waals surface area contributed by atoms with Gasteiger partial charge in [0.2, 0.25) is 12.7 Å². The minimum atomic E-state index is 0. The van der Waals surface area contributed by atoms with Crippen molar-refractivity contribution in [2.75, 3.05) is 0 Å². The summed E-state index contributed by atoms with van der Waals surface area (Å²) in [7, 11) is 4.11. The molecule has 0 spiro atoms. The molecule has 6 heteroatoms. The van der Waals surface area contributed by atoms with E-state index in [9.17, 15) is 0 Å². The van der Waals surface area contributed by atoms with Crippen molar-refractivity contribution >= 4 is 0 Å². The first kappa shape index (κ1) is 22.3. The van der Waals surface area contributed by atoms with Crippen molar-refractivity contribution < 1.29 is 33.9 Å². The topological polar surface area (TPSA) is 17.6 Å². The van der Waals surface area contributed by atoms with Gasteiger partial charge in [0, 0.05) is 0 Å². The number of rotatable bonds is 4. The molecule has 0 saturated heterocycles. The van der Waals surface area contributed by atoms with Gasteiger partial charge in [-0.25, -0.2) is 18.3 Å². The smallest absolute Gasteiger partial charge is 0.243 e. The van der Waals surface area contributed by atoms with Gasteiger partial charge in [0.15, 0.2) is 0 Å². The fourth-order valence-electron chi connectivity index (χ4n) is 2.99. The van der Waals surface area contributed by atoms with E-state index in [4.69, 9.17) is 0 Å². The first-order valence-corrected chi connectivity index (χ1v) is 8.45. The van der Waals surface area contributed by atoms with Gasteiger partial charge in [-0.1, -0.05) is 32.9 Å². The van der Waals surface area contributed by atoms with Crippen molar-refractivity contribution in [1.82, 2.24) is 9.13 Å². The van der Waals surface area contributed by atoms with Gasteiger partial charge in [-0.3, -0.25) is 0 Å². The van der Waals surface area contributed by atoms with Crippen LogP contribution in [-0.4, -0.2) is 9.13 Å². The van der Waals surface area contributed by atoms with E-state index in [0.29, 0.717) is 0 Å². The highest BCUT2D eigenvalue weighted by Gasteiger charge is 2.17. The third-order valence-corrected chi connectivity index (χ3v) is 4.30. The van der Waals surface area contributed by atoms with Crippen LogP contribution in [0.2, 0.25) is 0 Å². The Bertz CT molecular complexity index is 783. The van der Waals surface area contributed by atoms with Crippen LogP contribution in [0.4, 0.5) is 0 Å². The number of halogens is 2. The fraction of sp³-hybridized carbons (Fsp3) is 0.400. The third kappa shape index (κ3) is 5.61. The summed E-state index contributed by atoms with van der Waals surface area (Å²) in [6.07, 6.45) is 12.6. The van der Waals surface area contributed by atoms with E-state index >= 15 is 0 Å². The third-order valence-electron chi connectivity index (χ3n) is 4.30. The predicted molar refractivity (Wildman–Crippen MR) is 94.6 cm³/mol. The SMILES string of the molecule is C[n+]1ccn(Cc2cc(Cn3cc[n+](C)c3)cc(C(C)(C)C)c2)c1.[Cl-].[Cl-]. The van der Waals surface area contributed by atoms with E-state index in [1.165, 1.54) is 16.7 Å². The minimum Gasteiger partial charge on any atom is -1.00 e. The molecule has 0 radical (unpaired) electrons. The van der Waals surface area contributed by atoms with E-state index in [0.717, 1.165) is 13.1 Å². The molecule has 2 heterocycles. The van der Waals surface area contributed by atoms with Crippen molar-refractivity contribution in [3.8, 4) is 0 Å². The zero-order valence-electron chi connectivity index (χ0n) is 16.2. The number of aryl methyl sites for hydroxylation is 2. The van der Waals surface area contributed by atoms with Gasteiger partial charge in [-0.2, -0.15) is 0 Å². The maximum Gasteiger partial charge on any atom is 0.243 e. The van der Waals surface area contributed by atoms with Crippen molar-refractivity contribution in [1.29, 1.82) is 0 Å². The molecule has 0 amide bonds. The second-order valence-corrected chi connectivity index (χ2v) is 7.79. The molecule has 0 aliphatic rings. The highest BCUT2D eigenvalue weighted by atomic mass is 35.5. The van der Waals surface area contributed by atoms with Crippen LogP contribution in [0.25, 0.3) is 0 Å². The van der Waals surface area contributed by atoms with Crippen LogP contribution in [0.15, 0.2) is 55.6 Å². The molecule has 1 aromatic carbocycles. The van der Waals surface area contributed by atoms with Gasteiger partial charge >= 0.3 is 0 Å². The molecule has 142 valence electrons. The molecule has 0 unspecified atom stereocenters. The lowest BCUT2D eigenvalue weighted by atomic mass is 9.85. The minimum absolute atomic E-state index is 0. The summed E-state index contributed by atoms with van der Waals surface area (Å²) >= 11 is 0. The Kier molecular flexibility index (Phi) is 7.48. The lowest BCUT2D eigenvalue weighted by molar-refractivity contribution is -0.671. The number of hydrogen-bond donors (Lipinski definition) is 0. The molecule has 0 aliphatic heterocycles. The molecule has 0 bridgehead atoms. The Hall–Kier alpha value is -1.78. The molecule has 0 fully saturated rings. The molecule has 0 aliphatic carbocycles. The average molecular weight is 395 g/mol. The van der Waals surface area contributed by atoms with Crippen LogP contribution in [0, 0.1) is 0 Å². The van der Waals surface area contributed by atoms with Crippen LogP contribution < -0.4 is 33.9 Å². The Labute approximate surface area is 168 Å². The molecule has 3 aromatic rings. The van der Waals surface area contributed by atoms with E-state index in [-0.39, 0.29) is 30.2 Å². The monoisotopic (exact) mass is 394 g/mol. The second kappa shape index (κ2) is 8.74. The van der Waals surface area contributed by atoms with E-state index in [1.54, 1.807) is 0 Å². The summed E-state index contributed by atoms with van der Waals surface area (Å²) in [6.45, 7) is 8.64. The Balaban J connectivity index is 0.00000169. The molecule has 2 aromatic heterocycles. The number of nitrogens with zero attached hydrogens (tertiary/aromatic N) is 4. The first-order chi connectivity index (χ1) is 11.3. The van der Waals surface area contributed by atoms with Crippen molar-refractivity contribution in [2.24, 2.45) is 14.1 Å². The molecular formula is C20H28Cl2N4. The van der Waals surface area contributed by atoms with Gasteiger partial charge in [0.05, 0.1) is 14.1 Å². The summed E-state index contributed by atoms with van der Waals surface area (Å²) in [4.78, 5) is 0. The normalized spacial score (nSPS) is 11.0. The van der Waals surface area contributed by atoms with Gasteiger partial charge < -0.3 is 24.8 Å². The van der Waals surface area contributed by atoms with Gasteiger partial charge in [0.1, 0.15) is 37.9 Å². The summed E-state index contributed by atoms with van der Waals surface area (Å²) in [5.74, 6) is 0. The zero-order valence-corrected chi connectivity index (χ0v) is 17.7. The fourth-order valence-corrected chi connectivity index (χ4v) is 2.99. The quantitative estimate of drug-likeness (QED) is 0.406. The van der Waals surface area contributed by atoms with Gasteiger partial charge in [-0.15, -0.1) is 0 Å². The summed E-state index contributed by atoms with van der Waals surface area (Å²) < 4.78 is 8.60. The van der Waals surface area contributed by atoms with E-state index in [2.05, 4.69) is 109 Å². The van der Waals surface area contributed by atoms with Crippen molar-refractivity contribution in [3.63, 3.8) is 0 Å². The van der Waals surface area contributed by atoms with E-state index < -0.39 is 0 Å². The van der Waals surface area contributed by atoms with E-state index in [1.807, 2.05) is 0 Å². The lowest BCUT2D eigenvalue weighted by Gasteiger charge is -2.21. The standard InChI is InChI=1S/C20H28N4.2ClH/c1-20(2,3)19-11-17(13-23-8-6-21(4)15-23)10-18(12-19)14-24-9-7-22(5)16-24;;/h6-12,15-16H,13-14H2,1-5H3;2*1H/q+2;;/p-2. The van der Waals surface area contributed by atoms with Crippen LogP contribution >= 0.6 is 0 Å². The molecule has 0 N–H and O–H groups in total. The van der Waals surface area contributed by atoms with Crippen LogP contribution in [0.5, 0.6) is 0 Å². The molecule has 0 atom stereocenters. The van der Waals surface area contributed by atoms with Crippen LogP contribution in [-0.2, 0) is 32.6 Å². The first-order valence-electron chi connectivity index (χ1n) is 8.45. The zero-order chi connectivity index (χ0) is 17.3. The largest absolute Gasteiger partial charge is 1.00 e. The lowest BCUT2D eigenvalue weighted by Crippen LogP contribution is -3.00. The average Bonchev–Trinajstić information content (AvgIpc) is 3.06. The van der Waals surface area contributed by atoms with Crippen molar-refractivity contribution in [2.45, 2.75) is 39.3 Å². The molecule has 0 saturated carbocycles. The van der Waals surface area contributed by atoms with Crippen molar-refractivity contribution in [3.05, 3.63) is 72.3 Å². The summed E-state index contributed by atoms with van der Waals surface area (Å²) in [6, 6.07) is 7.02. The number of aromatic nitrogens is 4. The molecular weight excluding hydrogens is 367 g/mol. The van der Waals surface area contributed by atoms with Gasteiger partial charge in [0.25, 0.3) is 0 Å². The van der Waals surface area contributed by atoms with Crippen LogP contribution in [0.1, 0.15) is 37.5 Å².